The number of hydrogen-bond acceptors (Lipinski definition) is 2. The van der Waals surface area contributed by atoms with Crippen LogP contribution in [0.4, 0.5) is 0 Å². The Labute approximate surface area is 80.5 Å². The van der Waals surface area contributed by atoms with E-state index in [1.54, 1.807) is 18.4 Å². The Balaban J connectivity index is 2.65. The fourth-order valence-electron chi connectivity index (χ4n) is 0.623. The maximum absolute atomic E-state index is 11.4. The Hall–Kier alpha value is -0.900. The third-order valence-corrected chi connectivity index (χ3v) is 2.69. The van der Waals surface area contributed by atoms with Crippen LogP contribution >= 0.6 is 0 Å². The van der Waals surface area contributed by atoms with Crippen molar-refractivity contribution in [3.05, 3.63) is 24.2 Å². The molecule has 1 rings (SSSR count). The molecule has 0 bridgehead atoms. The van der Waals surface area contributed by atoms with Gasteiger partial charge >= 0.3 is 0 Å². The van der Waals surface area contributed by atoms with Crippen LogP contribution in [0.25, 0.3) is 0 Å². The van der Waals surface area contributed by atoms with Crippen LogP contribution in [0.2, 0.25) is 0 Å². The van der Waals surface area contributed by atoms with Crippen molar-refractivity contribution >= 4 is 17.2 Å². The second kappa shape index (κ2) is 3.87. The number of nitrogens with zero attached hydrogens (tertiary/aromatic N) is 1. The Morgan fingerprint density at radius 1 is 1.54 bits per heavy atom. The van der Waals surface area contributed by atoms with Crippen molar-refractivity contribution in [1.29, 1.82) is 0 Å². The van der Waals surface area contributed by atoms with E-state index >= 15 is 0 Å². The zero-order valence-corrected chi connectivity index (χ0v) is 8.80. The van der Waals surface area contributed by atoms with E-state index in [9.17, 15) is 4.21 Å². The second-order valence-electron chi connectivity index (χ2n) is 3.61. The van der Waals surface area contributed by atoms with Gasteiger partial charge in [0.2, 0.25) is 0 Å². The van der Waals surface area contributed by atoms with Crippen molar-refractivity contribution in [2.45, 2.75) is 25.5 Å². The molecule has 13 heavy (non-hydrogen) atoms. The van der Waals surface area contributed by atoms with Crippen molar-refractivity contribution in [2.75, 3.05) is 0 Å². The summed E-state index contributed by atoms with van der Waals surface area (Å²) in [6.45, 7) is 5.63. The topological polar surface area (TPSA) is 42.6 Å². The van der Waals surface area contributed by atoms with Crippen molar-refractivity contribution in [2.24, 2.45) is 4.40 Å². The van der Waals surface area contributed by atoms with Gasteiger partial charge in [0.1, 0.15) is 16.7 Å². The van der Waals surface area contributed by atoms with Crippen LogP contribution in [-0.4, -0.2) is 15.2 Å². The van der Waals surface area contributed by atoms with Gasteiger partial charge in [0, 0.05) is 0 Å². The average Bonchev–Trinajstić information content (AvgIpc) is 2.50. The lowest BCUT2D eigenvalue weighted by atomic mass is 10.3. The molecule has 0 amide bonds. The molecule has 0 N–H and O–H groups in total. The van der Waals surface area contributed by atoms with Gasteiger partial charge in [0.15, 0.2) is 0 Å². The largest absolute Gasteiger partial charge is 0.463 e. The molecule has 1 unspecified atom stereocenters. The average molecular weight is 199 g/mol. The van der Waals surface area contributed by atoms with Crippen LogP contribution in [0.5, 0.6) is 0 Å². The van der Waals surface area contributed by atoms with Gasteiger partial charge in [-0.3, -0.25) is 0 Å². The summed E-state index contributed by atoms with van der Waals surface area (Å²) in [6.07, 6.45) is 3.04. The third kappa shape index (κ3) is 3.14. The molecular formula is C9H13NO2S. The smallest absolute Gasteiger partial charge is 0.145 e. The highest BCUT2D eigenvalue weighted by Gasteiger charge is 2.18. The van der Waals surface area contributed by atoms with E-state index in [2.05, 4.69) is 4.40 Å². The molecule has 3 nitrogen and oxygen atoms in total. The number of furan rings is 1. The molecule has 0 saturated heterocycles. The first-order valence-corrected chi connectivity index (χ1v) is 5.10. The van der Waals surface area contributed by atoms with E-state index in [-0.39, 0.29) is 4.75 Å². The first kappa shape index (κ1) is 10.2. The minimum atomic E-state index is -1.21. The van der Waals surface area contributed by atoms with Crippen molar-refractivity contribution in [3.8, 4) is 0 Å². The van der Waals surface area contributed by atoms with Gasteiger partial charge in [-0.1, -0.05) is 0 Å². The normalized spacial score (nSPS) is 15.0. The highest BCUT2D eigenvalue weighted by atomic mass is 32.2. The molecule has 0 aliphatic heterocycles. The zero-order valence-electron chi connectivity index (χ0n) is 7.98. The molecule has 1 heterocycles. The monoisotopic (exact) mass is 199 g/mol. The highest BCUT2D eigenvalue weighted by molar-refractivity contribution is 7.85. The van der Waals surface area contributed by atoms with Gasteiger partial charge in [0.05, 0.1) is 17.2 Å². The molecule has 0 aliphatic rings. The molecule has 0 saturated carbocycles. The highest BCUT2D eigenvalue weighted by Crippen LogP contribution is 2.12. The van der Waals surface area contributed by atoms with Gasteiger partial charge in [-0.2, -0.15) is 4.40 Å². The summed E-state index contributed by atoms with van der Waals surface area (Å²) in [4.78, 5) is 0. The predicted molar refractivity (Wildman–Crippen MR) is 54.2 cm³/mol. The van der Waals surface area contributed by atoms with Gasteiger partial charge in [-0.05, 0) is 32.9 Å². The van der Waals surface area contributed by atoms with Crippen molar-refractivity contribution in [3.63, 3.8) is 0 Å². The predicted octanol–water partition coefficient (Wildman–Crippen LogP) is 2.16. The first-order chi connectivity index (χ1) is 6.00. The van der Waals surface area contributed by atoms with Crippen molar-refractivity contribution < 1.29 is 8.63 Å². The van der Waals surface area contributed by atoms with Gasteiger partial charge < -0.3 is 4.42 Å². The quantitative estimate of drug-likeness (QED) is 0.685. The lowest BCUT2D eigenvalue weighted by molar-refractivity contribution is 0.560. The van der Waals surface area contributed by atoms with Crippen LogP contribution in [0.3, 0.4) is 0 Å². The molecule has 1 atom stereocenters. The third-order valence-electron chi connectivity index (χ3n) is 1.34. The number of hydrogen-bond donors (Lipinski definition) is 0. The molecule has 0 aromatic carbocycles. The molecule has 1 aromatic heterocycles. The second-order valence-corrected chi connectivity index (χ2v) is 5.55. The fraction of sp³-hybridized carbons (Fsp3) is 0.444. The molecule has 4 heteroatoms. The van der Waals surface area contributed by atoms with Gasteiger partial charge in [-0.25, -0.2) is 4.21 Å². The molecule has 72 valence electrons. The maximum Gasteiger partial charge on any atom is 0.145 e. The van der Waals surface area contributed by atoms with E-state index < -0.39 is 11.0 Å². The zero-order chi connectivity index (χ0) is 9.90. The minimum Gasteiger partial charge on any atom is -0.463 e. The summed E-state index contributed by atoms with van der Waals surface area (Å²) in [5.41, 5.74) is 0. The van der Waals surface area contributed by atoms with E-state index in [1.165, 1.54) is 6.21 Å². The van der Waals surface area contributed by atoms with Gasteiger partial charge in [-0.15, -0.1) is 0 Å². The van der Waals surface area contributed by atoms with E-state index in [0.717, 1.165) is 0 Å². The lowest BCUT2D eigenvalue weighted by Gasteiger charge is -2.12. The van der Waals surface area contributed by atoms with Crippen molar-refractivity contribution in [1.82, 2.24) is 0 Å². The SMILES string of the molecule is CC(C)(C)S(=O)/N=C\c1ccco1. The Morgan fingerprint density at radius 2 is 2.23 bits per heavy atom. The Bertz CT molecular complexity index is 309. The molecule has 0 radical (unpaired) electrons. The molecule has 1 aromatic rings. The summed E-state index contributed by atoms with van der Waals surface area (Å²) in [7, 11) is -1.21. The van der Waals surface area contributed by atoms with Crippen LogP contribution in [0.15, 0.2) is 27.2 Å². The maximum atomic E-state index is 11.4. The molecule has 0 fully saturated rings. The molecular weight excluding hydrogens is 186 g/mol. The number of rotatable bonds is 2. The molecule has 0 aliphatic carbocycles. The fourth-order valence-corrected chi connectivity index (χ4v) is 1.14. The summed E-state index contributed by atoms with van der Waals surface area (Å²) in [5, 5.41) is 0. The van der Waals surface area contributed by atoms with Crippen LogP contribution in [-0.2, 0) is 11.0 Å². The van der Waals surface area contributed by atoms with Crippen LogP contribution < -0.4 is 0 Å². The summed E-state index contributed by atoms with van der Waals surface area (Å²) in [6, 6.07) is 3.53. The summed E-state index contributed by atoms with van der Waals surface area (Å²) >= 11 is 0. The first-order valence-electron chi connectivity index (χ1n) is 4.00. The van der Waals surface area contributed by atoms with E-state index in [4.69, 9.17) is 4.42 Å². The van der Waals surface area contributed by atoms with Crippen LogP contribution in [0.1, 0.15) is 26.5 Å². The molecule has 0 spiro atoms. The van der Waals surface area contributed by atoms with Gasteiger partial charge in [0.25, 0.3) is 0 Å². The summed E-state index contributed by atoms with van der Waals surface area (Å²) in [5.74, 6) is 0.623. The van der Waals surface area contributed by atoms with E-state index in [1.807, 2.05) is 20.8 Å². The van der Waals surface area contributed by atoms with Crippen LogP contribution in [0, 0.1) is 0 Å². The lowest BCUT2D eigenvalue weighted by Crippen LogP contribution is -2.19. The summed E-state index contributed by atoms with van der Waals surface area (Å²) < 4.78 is 20.0. The standard InChI is InChI=1S/C9H13NO2S/c1-9(2,3)13(11)10-7-8-5-4-6-12-8/h4-7H,1-3H3/b10-7-. The van der Waals surface area contributed by atoms with E-state index in [0.29, 0.717) is 5.76 Å². The minimum absolute atomic E-state index is 0.316. The Kier molecular flexibility index (Phi) is 3.03. The Morgan fingerprint density at radius 3 is 2.69 bits per heavy atom.